The van der Waals surface area contributed by atoms with Crippen LogP contribution in [0.1, 0.15) is 42.3 Å². The molecule has 2 aromatic rings. The van der Waals surface area contributed by atoms with Gasteiger partial charge in [0.25, 0.3) is 0 Å². The molecule has 8 nitrogen and oxygen atoms in total. The summed E-state index contributed by atoms with van der Waals surface area (Å²) in [7, 11) is -0.468. The topological polar surface area (TPSA) is 112 Å². The standard InChI is InChI=1S/C22H23ClF2N4O4S2/c1-29(2)35(32,33)12-5-3-11(4-6-12)18-15(22(30)31)19(13-7-8-14(24)17(25)16(13)23)28-20(27-18)21-26-9-10-34-21/h7-12,19H,3-6H2,1-2H3,(H,27,28)(H,30,31). The van der Waals surface area contributed by atoms with Gasteiger partial charge in [-0.15, -0.1) is 11.3 Å². The molecule has 1 atom stereocenters. The molecule has 1 aromatic carbocycles. The highest BCUT2D eigenvalue weighted by Crippen LogP contribution is 2.42. The van der Waals surface area contributed by atoms with Gasteiger partial charge < -0.3 is 10.4 Å². The number of carbonyl (C=O) groups is 1. The molecule has 188 valence electrons. The van der Waals surface area contributed by atoms with E-state index in [0.717, 1.165) is 6.07 Å². The van der Waals surface area contributed by atoms with E-state index in [9.17, 15) is 27.1 Å². The predicted molar refractivity (Wildman–Crippen MR) is 129 cm³/mol. The van der Waals surface area contributed by atoms with Crippen LogP contribution >= 0.6 is 22.9 Å². The number of aliphatic carboxylic acids is 1. The van der Waals surface area contributed by atoms with Gasteiger partial charge in [-0.1, -0.05) is 17.7 Å². The van der Waals surface area contributed by atoms with E-state index >= 15 is 0 Å². The Morgan fingerprint density at radius 1 is 1.23 bits per heavy atom. The normalized spacial score (nSPS) is 23.3. The average Bonchev–Trinajstić information content (AvgIpc) is 3.37. The number of sulfonamides is 1. The highest BCUT2D eigenvalue weighted by atomic mass is 35.5. The van der Waals surface area contributed by atoms with E-state index in [0.29, 0.717) is 36.4 Å². The average molecular weight is 545 g/mol. The van der Waals surface area contributed by atoms with Crippen LogP contribution in [-0.2, 0) is 14.8 Å². The first-order chi connectivity index (χ1) is 16.5. The van der Waals surface area contributed by atoms with Crippen LogP contribution in [0, 0.1) is 17.6 Å². The van der Waals surface area contributed by atoms with Gasteiger partial charge in [-0.2, -0.15) is 0 Å². The van der Waals surface area contributed by atoms with E-state index in [4.69, 9.17) is 11.6 Å². The fraction of sp³-hybridized carbons (Fsp3) is 0.409. The smallest absolute Gasteiger partial charge is 0.335 e. The number of halogens is 3. The Morgan fingerprint density at radius 2 is 1.91 bits per heavy atom. The molecule has 35 heavy (non-hydrogen) atoms. The molecule has 13 heteroatoms. The number of hydrogen-bond acceptors (Lipinski definition) is 7. The molecule has 2 N–H and O–H groups in total. The molecule has 0 spiro atoms. The second kappa shape index (κ2) is 9.92. The molecule has 2 heterocycles. The van der Waals surface area contributed by atoms with Crippen LogP contribution in [0.5, 0.6) is 0 Å². The number of allylic oxidation sites excluding steroid dienone is 1. The number of carboxylic acid groups (broad SMARTS) is 1. The van der Waals surface area contributed by atoms with Crippen molar-refractivity contribution in [2.24, 2.45) is 10.9 Å². The molecule has 0 radical (unpaired) electrons. The lowest BCUT2D eigenvalue weighted by Gasteiger charge is -2.35. The zero-order valence-electron chi connectivity index (χ0n) is 18.8. The quantitative estimate of drug-likeness (QED) is 0.533. The largest absolute Gasteiger partial charge is 0.478 e. The van der Waals surface area contributed by atoms with Crippen molar-refractivity contribution in [2.45, 2.75) is 37.0 Å². The first-order valence-corrected chi connectivity index (χ1v) is 13.5. The van der Waals surface area contributed by atoms with Crippen LogP contribution in [0.15, 0.2) is 40.0 Å². The lowest BCUT2D eigenvalue weighted by Crippen LogP contribution is -2.40. The molecule has 1 aliphatic heterocycles. The summed E-state index contributed by atoms with van der Waals surface area (Å²) in [6.45, 7) is 0. The molecule has 1 aliphatic carbocycles. The maximum absolute atomic E-state index is 14.3. The van der Waals surface area contributed by atoms with E-state index in [1.54, 1.807) is 11.6 Å². The number of benzene rings is 1. The molecule has 1 saturated carbocycles. The zero-order valence-corrected chi connectivity index (χ0v) is 21.2. The molecule has 1 unspecified atom stereocenters. The number of nitrogens with zero attached hydrogens (tertiary/aromatic N) is 3. The minimum absolute atomic E-state index is 0.0138. The Balaban J connectivity index is 1.78. The Bertz CT molecular complexity index is 1300. The number of nitrogens with one attached hydrogen (secondary N) is 1. The minimum Gasteiger partial charge on any atom is -0.478 e. The van der Waals surface area contributed by atoms with Gasteiger partial charge in [0.05, 0.1) is 15.8 Å². The molecule has 0 bridgehead atoms. The molecule has 4 rings (SSSR count). The lowest BCUT2D eigenvalue weighted by atomic mass is 9.82. The Morgan fingerprint density at radius 3 is 2.49 bits per heavy atom. The summed E-state index contributed by atoms with van der Waals surface area (Å²) in [6.07, 6.45) is 3.10. The van der Waals surface area contributed by atoms with Gasteiger partial charge in [0.1, 0.15) is 6.04 Å². The van der Waals surface area contributed by atoms with E-state index in [1.165, 1.54) is 35.8 Å². The highest BCUT2D eigenvalue weighted by Gasteiger charge is 2.39. The molecule has 1 aromatic heterocycles. The van der Waals surface area contributed by atoms with Crippen LogP contribution in [0.3, 0.4) is 0 Å². The summed E-state index contributed by atoms with van der Waals surface area (Å²) in [5, 5.41) is 14.4. The molecule has 2 aliphatic rings. The van der Waals surface area contributed by atoms with Gasteiger partial charge in [0.15, 0.2) is 22.5 Å². The van der Waals surface area contributed by atoms with Gasteiger partial charge in [-0.3, -0.25) is 4.99 Å². The summed E-state index contributed by atoms with van der Waals surface area (Å²) in [5.41, 5.74) is 0.223. The molecule has 0 saturated heterocycles. The third-order valence-electron chi connectivity index (χ3n) is 6.31. The van der Waals surface area contributed by atoms with Crippen molar-refractivity contribution in [1.82, 2.24) is 14.6 Å². The molecule has 1 fully saturated rings. The Kier molecular flexibility index (Phi) is 7.28. The van der Waals surface area contributed by atoms with Crippen molar-refractivity contribution >= 4 is 44.8 Å². The highest BCUT2D eigenvalue weighted by molar-refractivity contribution is 7.89. The predicted octanol–water partition coefficient (Wildman–Crippen LogP) is 3.95. The fourth-order valence-corrected chi connectivity index (χ4v) is 6.80. The van der Waals surface area contributed by atoms with Gasteiger partial charge >= 0.3 is 5.97 Å². The summed E-state index contributed by atoms with van der Waals surface area (Å²) >= 11 is 7.38. The Hall–Kier alpha value is -2.41. The lowest BCUT2D eigenvalue weighted by molar-refractivity contribution is -0.133. The monoisotopic (exact) mass is 544 g/mol. The van der Waals surface area contributed by atoms with Gasteiger partial charge in [0, 0.05) is 36.9 Å². The number of amidine groups is 1. The second-order valence-corrected chi connectivity index (χ2v) is 12.2. The number of hydrogen-bond donors (Lipinski definition) is 2. The third kappa shape index (κ3) is 4.84. The van der Waals surface area contributed by atoms with Gasteiger partial charge in [-0.05, 0) is 37.7 Å². The number of rotatable bonds is 6. The van der Waals surface area contributed by atoms with Crippen molar-refractivity contribution in [3.8, 4) is 0 Å². The van der Waals surface area contributed by atoms with Gasteiger partial charge in [0.2, 0.25) is 10.0 Å². The van der Waals surface area contributed by atoms with Crippen LogP contribution in [-0.4, -0.2) is 54.0 Å². The molecule has 0 amide bonds. The zero-order chi connectivity index (χ0) is 25.5. The summed E-state index contributed by atoms with van der Waals surface area (Å²) in [5.74, 6) is -3.75. The van der Waals surface area contributed by atoms with E-state index < -0.39 is 43.9 Å². The van der Waals surface area contributed by atoms with Crippen molar-refractivity contribution in [1.29, 1.82) is 0 Å². The van der Waals surface area contributed by atoms with Crippen molar-refractivity contribution in [3.05, 3.63) is 62.2 Å². The van der Waals surface area contributed by atoms with E-state index in [-0.39, 0.29) is 22.9 Å². The maximum atomic E-state index is 14.3. The first kappa shape index (κ1) is 25.7. The van der Waals surface area contributed by atoms with Crippen molar-refractivity contribution in [2.75, 3.05) is 14.1 Å². The van der Waals surface area contributed by atoms with Crippen molar-refractivity contribution < 1.29 is 27.1 Å². The number of aliphatic imine (C=N–C) groups is 1. The van der Waals surface area contributed by atoms with Crippen LogP contribution < -0.4 is 5.32 Å². The second-order valence-electron chi connectivity index (χ2n) is 8.54. The van der Waals surface area contributed by atoms with E-state index in [2.05, 4.69) is 15.3 Å². The fourth-order valence-electron chi connectivity index (χ4n) is 4.50. The van der Waals surface area contributed by atoms with Gasteiger partial charge in [-0.25, -0.2) is 31.3 Å². The van der Waals surface area contributed by atoms with Crippen LogP contribution in [0.25, 0.3) is 0 Å². The Labute approximate surface area is 210 Å². The summed E-state index contributed by atoms with van der Waals surface area (Å²) in [6, 6.07) is 0.891. The maximum Gasteiger partial charge on any atom is 0.335 e. The van der Waals surface area contributed by atoms with E-state index in [1.807, 2.05) is 0 Å². The first-order valence-electron chi connectivity index (χ1n) is 10.8. The molecular weight excluding hydrogens is 522 g/mol. The SMILES string of the molecule is CN(C)S(=O)(=O)C1CCC(C2=C(C(=O)O)C(c3ccc(F)c(F)c3Cl)N=C(c3nccs3)N2)CC1. The molecular formula is C22H23ClF2N4O4S2. The third-order valence-corrected chi connectivity index (χ3v) is 9.81. The van der Waals surface area contributed by atoms with Crippen LogP contribution in [0.2, 0.25) is 5.02 Å². The summed E-state index contributed by atoms with van der Waals surface area (Å²) in [4.78, 5) is 21.2. The number of thiazole rings is 1. The number of aromatic nitrogens is 1. The number of carboxylic acids is 1. The van der Waals surface area contributed by atoms with Crippen LogP contribution in [0.4, 0.5) is 8.78 Å². The summed E-state index contributed by atoms with van der Waals surface area (Å²) < 4.78 is 54.4. The minimum atomic E-state index is -3.44. The van der Waals surface area contributed by atoms with Crippen molar-refractivity contribution in [3.63, 3.8) is 0 Å².